The van der Waals surface area contributed by atoms with Crippen molar-refractivity contribution in [3.63, 3.8) is 0 Å². The highest BCUT2D eigenvalue weighted by molar-refractivity contribution is 5.98. The second-order valence-electron chi connectivity index (χ2n) is 5.63. The molecule has 0 radical (unpaired) electrons. The molecule has 1 aliphatic rings. The van der Waals surface area contributed by atoms with Crippen LogP contribution in [0.3, 0.4) is 0 Å². The number of hydrogen-bond donors (Lipinski definition) is 3. The maximum Gasteiger partial charge on any atom is 0.249 e. The largest absolute Gasteiger partial charge is 0.366 e. The quantitative estimate of drug-likeness (QED) is 0.760. The van der Waals surface area contributed by atoms with Gasteiger partial charge in [0.1, 0.15) is 0 Å². The molecule has 0 unspecified atom stereocenters. The van der Waals surface area contributed by atoms with Crippen molar-refractivity contribution >= 4 is 17.5 Å². The van der Waals surface area contributed by atoms with E-state index in [0.717, 1.165) is 19.3 Å². The molecule has 0 heterocycles. The zero-order valence-corrected chi connectivity index (χ0v) is 11.7. The molecule has 108 valence electrons. The van der Waals surface area contributed by atoms with Gasteiger partial charge in [-0.15, -0.1) is 0 Å². The molecule has 5 N–H and O–H groups in total. The lowest BCUT2D eigenvalue weighted by Gasteiger charge is -2.40. The molecule has 2 rings (SSSR count). The van der Waals surface area contributed by atoms with Gasteiger partial charge in [0.25, 0.3) is 0 Å². The number of nitrogens with two attached hydrogens (primary N) is 2. The molecule has 1 saturated carbocycles. The van der Waals surface area contributed by atoms with Crippen molar-refractivity contribution in [3.8, 4) is 0 Å². The number of amides is 2. The van der Waals surface area contributed by atoms with E-state index in [2.05, 4.69) is 5.32 Å². The minimum Gasteiger partial charge on any atom is -0.366 e. The van der Waals surface area contributed by atoms with Crippen LogP contribution >= 0.6 is 0 Å². The second-order valence-corrected chi connectivity index (χ2v) is 5.63. The van der Waals surface area contributed by atoms with Crippen LogP contribution in [-0.4, -0.2) is 18.4 Å². The molecule has 20 heavy (non-hydrogen) atoms. The lowest BCUT2D eigenvalue weighted by Crippen LogP contribution is -2.40. The highest BCUT2D eigenvalue weighted by Crippen LogP contribution is 2.43. The average molecular weight is 275 g/mol. The van der Waals surface area contributed by atoms with Gasteiger partial charge in [-0.05, 0) is 49.4 Å². The van der Waals surface area contributed by atoms with Gasteiger partial charge in [-0.3, -0.25) is 9.59 Å². The van der Waals surface area contributed by atoms with Gasteiger partial charge in [-0.1, -0.05) is 12.5 Å². The molecular weight excluding hydrogens is 254 g/mol. The number of carbonyl (C=O) groups is 2. The van der Waals surface area contributed by atoms with E-state index in [4.69, 9.17) is 11.5 Å². The number of primary amides is 1. The number of nitrogens with one attached hydrogen (secondary N) is 1. The first-order chi connectivity index (χ1) is 9.47. The standard InChI is InChI=1S/C15H21N3O2/c1-10-11(14(17)20)4-2-5-12(10)18-13(19)8-15(9-16)6-3-7-15/h2,4-5H,3,6-9,16H2,1H3,(H2,17,20)(H,18,19). The summed E-state index contributed by atoms with van der Waals surface area (Å²) >= 11 is 0. The van der Waals surface area contributed by atoms with Crippen LogP contribution in [0.15, 0.2) is 18.2 Å². The van der Waals surface area contributed by atoms with Gasteiger partial charge in [0.15, 0.2) is 0 Å². The molecule has 0 spiro atoms. The first-order valence-corrected chi connectivity index (χ1v) is 6.87. The summed E-state index contributed by atoms with van der Waals surface area (Å²) in [5.41, 5.74) is 12.8. The Labute approximate surface area is 118 Å². The molecule has 0 aromatic heterocycles. The van der Waals surface area contributed by atoms with Crippen LogP contribution in [0.4, 0.5) is 5.69 Å². The summed E-state index contributed by atoms with van der Waals surface area (Å²) in [6.45, 7) is 2.32. The van der Waals surface area contributed by atoms with Crippen molar-refractivity contribution in [1.29, 1.82) is 0 Å². The second kappa shape index (κ2) is 5.63. The van der Waals surface area contributed by atoms with Crippen LogP contribution in [0, 0.1) is 12.3 Å². The van der Waals surface area contributed by atoms with Crippen LogP contribution in [0.1, 0.15) is 41.6 Å². The molecule has 5 heteroatoms. The number of rotatable bonds is 5. The molecule has 1 aliphatic carbocycles. The van der Waals surface area contributed by atoms with Crippen LogP contribution in [0.5, 0.6) is 0 Å². The summed E-state index contributed by atoms with van der Waals surface area (Å²) in [7, 11) is 0. The molecule has 0 atom stereocenters. The fourth-order valence-corrected chi connectivity index (χ4v) is 2.70. The summed E-state index contributed by atoms with van der Waals surface area (Å²) in [6, 6.07) is 5.14. The maximum absolute atomic E-state index is 12.1. The van der Waals surface area contributed by atoms with Crippen molar-refractivity contribution in [2.75, 3.05) is 11.9 Å². The predicted octanol–water partition coefficient (Wildman–Crippen LogP) is 1.55. The Kier molecular flexibility index (Phi) is 4.09. The van der Waals surface area contributed by atoms with E-state index in [1.54, 1.807) is 25.1 Å². The van der Waals surface area contributed by atoms with Gasteiger partial charge in [-0.2, -0.15) is 0 Å². The Hall–Kier alpha value is -1.88. The number of anilines is 1. The van der Waals surface area contributed by atoms with E-state index in [1.165, 1.54) is 0 Å². The third kappa shape index (κ3) is 2.82. The summed E-state index contributed by atoms with van der Waals surface area (Å²) in [6.07, 6.45) is 3.60. The molecule has 0 bridgehead atoms. The normalized spacial score (nSPS) is 16.3. The summed E-state index contributed by atoms with van der Waals surface area (Å²) < 4.78 is 0. The Morgan fingerprint density at radius 2 is 2.05 bits per heavy atom. The topological polar surface area (TPSA) is 98.2 Å². The lowest BCUT2D eigenvalue weighted by atomic mass is 9.66. The Bertz CT molecular complexity index is 530. The monoisotopic (exact) mass is 275 g/mol. The molecule has 1 fully saturated rings. The summed E-state index contributed by atoms with van der Waals surface area (Å²) in [5.74, 6) is -0.545. The van der Waals surface area contributed by atoms with E-state index in [-0.39, 0.29) is 11.3 Å². The maximum atomic E-state index is 12.1. The first kappa shape index (κ1) is 14.5. The van der Waals surface area contributed by atoms with E-state index < -0.39 is 5.91 Å². The van der Waals surface area contributed by atoms with Crippen LogP contribution in [-0.2, 0) is 4.79 Å². The molecule has 2 amide bonds. The zero-order chi connectivity index (χ0) is 14.8. The summed E-state index contributed by atoms with van der Waals surface area (Å²) in [4.78, 5) is 23.4. The van der Waals surface area contributed by atoms with Crippen molar-refractivity contribution in [3.05, 3.63) is 29.3 Å². The van der Waals surface area contributed by atoms with Crippen molar-refractivity contribution in [1.82, 2.24) is 0 Å². The SMILES string of the molecule is Cc1c(NC(=O)CC2(CN)CCC2)cccc1C(N)=O. The summed E-state index contributed by atoms with van der Waals surface area (Å²) in [5, 5.41) is 2.86. The van der Waals surface area contributed by atoms with Gasteiger partial charge in [0.2, 0.25) is 11.8 Å². The van der Waals surface area contributed by atoms with Crippen molar-refractivity contribution in [2.24, 2.45) is 16.9 Å². The minimum atomic E-state index is -0.490. The van der Waals surface area contributed by atoms with Crippen LogP contribution < -0.4 is 16.8 Å². The zero-order valence-electron chi connectivity index (χ0n) is 11.7. The van der Waals surface area contributed by atoms with E-state index in [0.29, 0.717) is 29.8 Å². The van der Waals surface area contributed by atoms with Gasteiger partial charge in [-0.25, -0.2) is 0 Å². The van der Waals surface area contributed by atoms with Gasteiger partial charge >= 0.3 is 0 Å². The third-order valence-corrected chi connectivity index (χ3v) is 4.26. The number of carbonyl (C=O) groups excluding carboxylic acids is 2. The van der Waals surface area contributed by atoms with Crippen LogP contribution in [0.25, 0.3) is 0 Å². The molecule has 1 aromatic rings. The van der Waals surface area contributed by atoms with E-state index >= 15 is 0 Å². The van der Waals surface area contributed by atoms with Gasteiger partial charge in [0.05, 0.1) is 0 Å². The highest BCUT2D eigenvalue weighted by atomic mass is 16.2. The fraction of sp³-hybridized carbons (Fsp3) is 0.467. The smallest absolute Gasteiger partial charge is 0.249 e. The Balaban J connectivity index is 2.08. The average Bonchev–Trinajstić information content (AvgIpc) is 2.36. The predicted molar refractivity (Wildman–Crippen MR) is 78.3 cm³/mol. The van der Waals surface area contributed by atoms with E-state index in [9.17, 15) is 9.59 Å². The lowest BCUT2D eigenvalue weighted by molar-refractivity contribution is -0.119. The Morgan fingerprint density at radius 1 is 1.35 bits per heavy atom. The first-order valence-electron chi connectivity index (χ1n) is 6.87. The highest BCUT2D eigenvalue weighted by Gasteiger charge is 2.37. The molecule has 5 nitrogen and oxygen atoms in total. The third-order valence-electron chi connectivity index (χ3n) is 4.26. The minimum absolute atomic E-state index is 0.0285. The fourth-order valence-electron chi connectivity index (χ4n) is 2.70. The number of hydrogen-bond acceptors (Lipinski definition) is 3. The van der Waals surface area contributed by atoms with Crippen molar-refractivity contribution in [2.45, 2.75) is 32.6 Å². The molecule has 0 saturated heterocycles. The van der Waals surface area contributed by atoms with E-state index in [1.807, 2.05) is 0 Å². The Morgan fingerprint density at radius 3 is 2.55 bits per heavy atom. The molecule has 1 aromatic carbocycles. The van der Waals surface area contributed by atoms with Gasteiger partial charge < -0.3 is 16.8 Å². The van der Waals surface area contributed by atoms with Gasteiger partial charge in [0, 0.05) is 17.7 Å². The molecular formula is C15H21N3O2. The van der Waals surface area contributed by atoms with Crippen molar-refractivity contribution < 1.29 is 9.59 Å². The molecule has 0 aliphatic heterocycles. The number of benzene rings is 1. The van der Waals surface area contributed by atoms with Crippen LogP contribution in [0.2, 0.25) is 0 Å².